The number of esters is 1. The summed E-state index contributed by atoms with van der Waals surface area (Å²) in [5.74, 6) is -0.400. The van der Waals surface area contributed by atoms with Gasteiger partial charge in [0.05, 0.1) is 22.9 Å². The average molecular weight is 297 g/mol. The highest BCUT2D eigenvalue weighted by atomic mass is 35.5. The number of hydrogen-bond donors (Lipinski definition) is 1. The molecular weight excluding hydrogens is 276 g/mol. The van der Waals surface area contributed by atoms with Crippen LogP contribution in [-0.2, 0) is 4.74 Å². The Morgan fingerprint density at radius 1 is 1.50 bits per heavy atom. The molecule has 5 heteroatoms. The molecule has 2 N–H and O–H groups in total. The van der Waals surface area contributed by atoms with Crippen molar-refractivity contribution in [1.29, 1.82) is 0 Å². The molecule has 0 saturated carbocycles. The number of piperidine rings is 1. The molecule has 2 rings (SSSR count). The van der Waals surface area contributed by atoms with E-state index in [2.05, 4.69) is 11.9 Å². The summed E-state index contributed by atoms with van der Waals surface area (Å²) in [7, 11) is 2.13. The van der Waals surface area contributed by atoms with E-state index in [-0.39, 0.29) is 5.69 Å². The van der Waals surface area contributed by atoms with E-state index in [4.69, 9.17) is 22.1 Å². The summed E-state index contributed by atoms with van der Waals surface area (Å²) in [6.45, 7) is 1.54. The molecule has 1 aromatic rings. The minimum atomic E-state index is -0.400. The normalized spacial score (nSPS) is 19.8. The van der Waals surface area contributed by atoms with Gasteiger partial charge in [-0.15, -0.1) is 0 Å². The van der Waals surface area contributed by atoms with Crippen LogP contribution in [0.3, 0.4) is 0 Å². The standard InChI is InChI=1S/C15H21ClN2O2/c1-18-9-3-2-5-11(18)8-10-20-15(19)12-6-4-7-13(16)14(12)17/h4,6-7,11H,2-3,5,8-10,17H2,1H3. The third kappa shape index (κ3) is 3.64. The molecule has 1 fully saturated rings. The van der Waals surface area contributed by atoms with Crippen molar-refractivity contribution in [3.05, 3.63) is 28.8 Å². The summed E-state index contributed by atoms with van der Waals surface area (Å²) in [4.78, 5) is 14.3. The lowest BCUT2D eigenvalue weighted by molar-refractivity contribution is 0.0451. The largest absolute Gasteiger partial charge is 0.462 e. The van der Waals surface area contributed by atoms with Crippen molar-refractivity contribution in [1.82, 2.24) is 4.90 Å². The van der Waals surface area contributed by atoms with E-state index in [9.17, 15) is 4.79 Å². The second-order valence-electron chi connectivity index (χ2n) is 5.26. The monoisotopic (exact) mass is 296 g/mol. The maximum atomic E-state index is 12.0. The minimum absolute atomic E-state index is 0.286. The van der Waals surface area contributed by atoms with Gasteiger partial charge in [-0.1, -0.05) is 24.1 Å². The van der Waals surface area contributed by atoms with Gasteiger partial charge in [-0.05, 0) is 45.0 Å². The number of anilines is 1. The summed E-state index contributed by atoms with van der Waals surface area (Å²) in [5, 5.41) is 0.381. The van der Waals surface area contributed by atoms with Crippen molar-refractivity contribution in [2.45, 2.75) is 31.7 Å². The van der Waals surface area contributed by atoms with Gasteiger partial charge in [0.2, 0.25) is 0 Å². The Morgan fingerprint density at radius 2 is 2.30 bits per heavy atom. The first-order valence-corrected chi connectivity index (χ1v) is 7.38. The van der Waals surface area contributed by atoms with E-state index in [0.717, 1.165) is 13.0 Å². The third-order valence-electron chi connectivity index (χ3n) is 3.88. The third-order valence-corrected chi connectivity index (χ3v) is 4.21. The number of para-hydroxylation sites is 1. The Balaban J connectivity index is 1.84. The Morgan fingerprint density at radius 3 is 3.05 bits per heavy atom. The molecule has 0 spiro atoms. The molecule has 0 amide bonds. The lowest BCUT2D eigenvalue weighted by Gasteiger charge is -2.32. The quantitative estimate of drug-likeness (QED) is 0.685. The van der Waals surface area contributed by atoms with Crippen LogP contribution < -0.4 is 5.73 Å². The number of likely N-dealkylation sites (tertiary alicyclic amines) is 1. The van der Waals surface area contributed by atoms with Gasteiger partial charge in [0.1, 0.15) is 0 Å². The summed E-state index contributed by atoms with van der Waals surface area (Å²) < 4.78 is 5.31. The summed E-state index contributed by atoms with van der Waals surface area (Å²) in [6.07, 6.45) is 4.55. The summed E-state index contributed by atoms with van der Waals surface area (Å²) in [5.41, 5.74) is 6.41. The van der Waals surface area contributed by atoms with Crippen LogP contribution >= 0.6 is 11.6 Å². The Bertz CT molecular complexity index is 479. The fourth-order valence-electron chi connectivity index (χ4n) is 2.59. The van der Waals surface area contributed by atoms with Gasteiger partial charge in [-0.3, -0.25) is 0 Å². The summed E-state index contributed by atoms with van der Waals surface area (Å²) >= 11 is 5.89. The Kier molecular flexibility index (Phi) is 5.26. The van der Waals surface area contributed by atoms with E-state index in [1.54, 1.807) is 18.2 Å². The molecule has 1 aliphatic heterocycles. The molecule has 0 aromatic heterocycles. The number of benzene rings is 1. The second kappa shape index (κ2) is 6.95. The molecule has 1 aliphatic rings. The predicted molar refractivity (Wildman–Crippen MR) is 81.0 cm³/mol. The second-order valence-corrected chi connectivity index (χ2v) is 5.66. The van der Waals surface area contributed by atoms with Crippen LogP contribution in [0.2, 0.25) is 5.02 Å². The number of hydrogen-bond acceptors (Lipinski definition) is 4. The number of carbonyl (C=O) groups is 1. The molecule has 1 heterocycles. The van der Waals surface area contributed by atoms with Crippen LogP contribution in [0.15, 0.2) is 18.2 Å². The number of halogens is 1. The highest BCUT2D eigenvalue weighted by Gasteiger charge is 2.19. The minimum Gasteiger partial charge on any atom is -0.462 e. The van der Waals surface area contributed by atoms with Gasteiger partial charge in [0, 0.05) is 6.04 Å². The van der Waals surface area contributed by atoms with Crippen LogP contribution in [0.5, 0.6) is 0 Å². The molecule has 1 atom stereocenters. The van der Waals surface area contributed by atoms with Crippen molar-refractivity contribution in [3.63, 3.8) is 0 Å². The van der Waals surface area contributed by atoms with Gasteiger partial charge < -0.3 is 15.4 Å². The molecule has 1 saturated heterocycles. The van der Waals surface area contributed by atoms with E-state index in [1.165, 1.54) is 19.3 Å². The average Bonchev–Trinajstić information content (AvgIpc) is 2.44. The zero-order valence-corrected chi connectivity index (χ0v) is 12.5. The maximum Gasteiger partial charge on any atom is 0.340 e. The van der Waals surface area contributed by atoms with Gasteiger partial charge >= 0.3 is 5.97 Å². The molecule has 110 valence electrons. The highest BCUT2D eigenvalue weighted by Crippen LogP contribution is 2.23. The number of nitrogens with zero attached hydrogens (tertiary/aromatic N) is 1. The highest BCUT2D eigenvalue weighted by molar-refractivity contribution is 6.33. The van der Waals surface area contributed by atoms with Crippen molar-refractivity contribution in [2.75, 3.05) is 25.9 Å². The first-order chi connectivity index (χ1) is 9.59. The molecular formula is C15H21ClN2O2. The molecule has 20 heavy (non-hydrogen) atoms. The van der Waals surface area contributed by atoms with Gasteiger partial charge in [0.25, 0.3) is 0 Å². The van der Waals surface area contributed by atoms with Crippen LogP contribution in [-0.4, -0.2) is 37.1 Å². The fourth-order valence-corrected chi connectivity index (χ4v) is 2.76. The lowest BCUT2D eigenvalue weighted by Crippen LogP contribution is -2.37. The Labute approximate surface area is 124 Å². The van der Waals surface area contributed by atoms with Gasteiger partial charge in [-0.2, -0.15) is 0 Å². The van der Waals surface area contributed by atoms with Crippen molar-refractivity contribution in [3.8, 4) is 0 Å². The van der Waals surface area contributed by atoms with E-state index < -0.39 is 5.97 Å². The molecule has 1 unspecified atom stereocenters. The van der Waals surface area contributed by atoms with Crippen molar-refractivity contribution in [2.24, 2.45) is 0 Å². The van der Waals surface area contributed by atoms with Crippen LogP contribution in [0.25, 0.3) is 0 Å². The molecule has 1 aromatic carbocycles. The maximum absolute atomic E-state index is 12.0. The number of nitrogens with two attached hydrogens (primary N) is 1. The zero-order valence-electron chi connectivity index (χ0n) is 11.8. The van der Waals surface area contributed by atoms with E-state index >= 15 is 0 Å². The van der Waals surface area contributed by atoms with Crippen molar-refractivity contribution < 1.29 is 9.53 Å². The first kappa shape index (κ1) is 15.1. The fraction of sp³-hybridized carbons (Fsp3) is 0.533. The summed E-state index contributed by atoms with van der Waals surface area (Å²) in [6, 6.07) is 5.50. The van der Waals surface area contributed by atoms with E-state index in [1.807, 2.05) is 0 Å². The van der Waals surface area contributed by atoms with E-state index in [0.29, 0.717) is 23.2 Å². The zero-order chi connectivity index (χ0) is 14.5. The molecule has 0 bridgehead atoms. The predicted octanol–water partition coefficient (Wildman–Crippen LogP) is 2.95. The topological polar surface area (TPSA) is 55.6 Å². The molecule has 0 radical (unpaired) electrons. The molecule has 0 aliphatic carbocycles. The van der Waals surface area contributed by atoms with Gasteiger partial charge in [0.15, 0.2) is 0 Å². The van der Waals surface area contributed by atoms with Crippen LogP contribution in [0, 0.1) is 0 Å². The first-order valence-electron chi connectivity index (χ1n) is 7.01. The SMILES string of the molecule is CN1CCCCC1CCOC(=O)c1cccc(Cl)c1N. The number of nitrogen functional groups attached to an aromatic ring is 1. The van der Waals surface area contributed by atoms with Crippen molar-refractivity contribution >= 4 is 23.3 Å². The van der Waals surface area contributed by atoms with Gasteiger partial charge in [-0.25, -0.2) is 4.79 Å². The smallest absolute Gasteiger partial charge is 0.340 e. The molecule has 4 nitrogen and oxygen atoms in total. The Hall–Kier alpha value is -1.26. The van der Waals surface area contributed by atoms with Crippen LogP contribution in [0.4, 0.5) is 5.69 Å². The lowest BCUT2D eigenvalue weighted by atomic mass is 10.0. The number of rotatable bonds is 4. The van der Waals surface area contributed by atoms with Crippen LogP contribution in [0.1, 0.15) is 36.0 Å². The number of ether oxygens (including phenoxy) is 1. The number of carbonyl (C=O) groups excluding carboxylic acids is 1.